The summed E-state index contributed by atoms with van der Waals surface area (Å²) in [5.74, 6) is -0.855. The van der Waals surface area contributed by atoms with E-state index in [0.717, 1.165) is 18.6 Å². The van der Waals surface area contributed by atoms with E-state index in [1.165, 1.54) is 0 Å². The summed E-state index contributed by atoms with van der Waals surface area (Å²) in [7, 11) is -3.94. The third kappa shape index (κ3) is 7.95. The quantitative estimate of drug-likeness (QED) is 0.530. The number of benzene rings is 1. The van der Waals surface area contributed by atoms with Gasteiger partial charge in [-0.05, 0) is 30.4 Å². The molecule has 0 aliphatic heterocycles. The lowest BCUT2D eigenvalue weighted by Crippen LogP contribution is -2.30. The van der Waals surface area contributed by atoms with E-state index in [-0.39, 0.29) is 33.0 Å². The molecule has 1 rings (SSSR count). The standard InChI is InChI=1S/C18H26Cl2N2O5S/c1-11(2)5-6-21-17(23)10-27-18(24)13-7-16(15(20)8-14(13)19)28(25,26)22-9-12(3)4/h7-8,11-12,22H,5-6,9-10H2,1-4H3,(H,21,23). The fourth-order valence-electron chi connectivity index (χ4n) is 2.01. The van der Waals surface area contributed by atoms with Gasteiger partial charge < -0.3 is 10.1 Å². The van der Waals surface area contributed by atoms with Crippen molar-refractivity contribution in [3.05, 3.63) is 27.7 Å². The van der Waals surface area contributed by atoms with Crippen LogP contribution in [0.3, 0.4) is 0 Å². The lowest BCUT2D eigenvalue weighted by Gasteiger charge is -2.13. The van der Waals surface area contributed by atoms with Crippen LogP contribution in [0.1, 0.15) is 44.5 Å². The highest BCUT2D eigenvalue weighted by atomic mass is 35.5. The summed E-state index contributed by atoms with van der Waals surface area (Å²) in [5.41, 5.74) is -0.189. The maximum atomic E-state index is 12.4. The van der Waals surface area contributed by atoms with Gasteiger partial charge in [0.1, 0.15) is 4.90 Å². The first kappa shape index (κ1) is 24.7. The van der Waals surface area contributed by atoms with Gasteiger partial charge >= 0.3 is 5.97 Å². The fraction of sp³-hybridized carbons (Fsp3) is 0.556. The molecule has 0 aromatic heterocycles. The van der Waals surface area contributed by atoms with Crippen molar-refractivity contribution in [2.45, 2.75) is 39.0 Å². The molecule has 7 nitrogen and oxygen atoms in total. The summed E-state index contributed by atoms with van der Waals surface area (Å²) in [6, 6.07) is 2.21. The van der Waals surface area contributed by atoms with E-state index in [4.69, 9.17) is 27.9 Å². The molecule has 2 N–H and O–H groups in total. The van der Waals surface area contributed by atoms with Crippen LogP contribution in [0.5, 0.6) is 0 Å². The summed E-state index contributed by atoms with van der Waals surface area (Å²) in [6.45, 7) is 7.93. The average molecular weight is 453 g/mol. The molecule has 0 aliphatic carbocycles. The summed E-state index contributed by atoms with van der Waals surface area (Å²) in [5, 5.41) is 2.44. The van der Waals surface area contributed by atoms with E-state index >= 15 is 0 Å². The fourth-order valence-corrected chi connectivity index (χ4v) is 4.07. The van der Waals surface area contributed by atoms with Crippen LogP contribution >= 0.6 is 23.2 Å². The minimum atomic E-state index is -3.94. The number of esters is 1. The summed E-state index contributed by atoms with van der Waals surface area (Å²) >= 11 is 12.0. The third-order valence-electron chi connectivity index (χ3n) is 3.59. The SMILES string of the molecule is CC(C)CCNC(=O)COC(=O)c1cc(S(=O)(=O)NCC(C)C)c(Cl)cc1Cl. The van der Waals surface area contributed by atoms with E-state index in [1.54, 1.807) is 0 Å². The molecule has 0 unspecified atom stereocenters. The number of carbonyl (C=O) groups excluding carboxylic acids is 2. The van der Waals surface area contributed by atoms with Gasteiger partial charge in [-0.25, -0.2) is 17.9 Å². The molecule has 0 saturated carbocycles. The predicted octanol–water partition coefficient (Wildman–Crippen LogP) is 3.25. The molecule has 0 fully saturated rings. The minimum absolute atomic E-state index is 0.0713. The van der Waals surface area contributed by atoms with Crippen LogP contribution in [0.2, 0.25) is 10.0 Å². The molecule has 158 valence electrons. The van der Waals surface area contributed by atoms with Crippen LogP contribution in [-0.4, -0.2) is 40.0 Å². The first-order valence-electron chi connectivity index (χ1n) is 8.86. The van der Waals surface area contributed by atoms with Crippen molar-refractivity contribution in [1.29, 1.82) is 0 Å². The van der Waals surface area contributed by atoms with Crippen molar-refractivity contribution in [2.75, 3.05) is 19.7 Å². The Morgan fingerprint density at radius 1 is 1.07 bits per heavy atom. The summed E-state index contributed by atoms with van der Waals surface area (Å²) < 4.78 is 32.2. The molecule has 1 aromatic rings. The monoisotopic (exact) mass is 452 g/mol. The van der Waals surface area contributed by atoms with Crippen molar-refractivity contribution in [3.8, 4) is 0 Å². The Morgan fingerprint density at radius 2 is 1.71 bits per heavy atom. The van der Waals surface area contributed by atoms with Crippen molar-refractivity contribution in [3.63, 3.8) is 0 Å². The van der Waals surface area contributed by atoms with E-state index in [1.807, 2.05) is 27.7 Å². The molecule has 0 aliphatic rings. The van der Waals surface area contributed by atoms with Crippen molar-refractivity contribution in [2.24, 2.45) is 11.8 Å². The highest BCUT2D eigenvalue weighted by Crippen LogP contribution is 2.29. The molecule has 0 bridgehead atoms. The third-order valence-corrected chi connectivity index (χ3v) is 5.79. The number of nitrogens with one attached hydrogen (secondary N) is 2. The van der Waals surface area contributed by atoms with Crippen LogP contribution < -0.4 is 10.0 Å². The van der Waals surface area contributed by atoms with Crippen molar-refractivity contribution >= 4 is 45.1 Å². The Kier molecular flexibility index (Phi) is 9.69. The number of hydrogen-bond donors (Lipinski definition) is 2. The molecule has 0 heterocycles. The lowest BCUT2D eigenvalue weighted by atomic mass is 10.1. The average Bonchev–Trinajstić information content (AvgIpc) is 2.57. The first-order valence-corrected chi connectivity index (χ1v) is 11.1. The minimum Gasteiger partial charge on any atom is -0.452 e. The molecule has 0 saturated heterocycles. The molecule has 1 amide bonds. The van der Waals surface area contributed by atoms with Crippen LogP contribution in [0, 0.1) is 11.8 Å². The second-order valence-corrected chi connectivity index (χ2v) is 9.67. The van der Waals surface area contributed by atoms with Gasteiger partial charge in [-0.3, -0.25) is 4.79 Å². The van der Waals surface area contributed by atoms with Gasteiger partial charge in [0.2, 0.25) is 10.0 Å². The number of carbonyl (C=O) groups is 2. The molecule has 28 heavy (non-hydrogen) atoms. The topological polar surface area (TPSA) is 102 Å². The molecule has 10 heteroatoms. The Hall–Kier alpha value is -1.35. The van der Waals surface area contributed by atoms with E-state index in [2.05, 4.69) is 10.0 Å². The van der Waals surface area contributed by atoms with Crippen LogP contribution in [0.25, 0.3) is 0 Å². The van der Waals surface area contributed by atoms with Gasteiger partial charge in [-0.1, -0.05) is 50.9 Å². The number of amides is 1. The molecular weight excluding hydrogens is 427 g/mol. The van der Waals surface area contributed by atoms with Crippen LogP contribution in [-0.2, 0) is 19.6 Å². The Morgan fingerprint density at radius 3 is 2.29 bits per heavy atom. The van der Waals surface area contributed by atoms with Gasteiger partial charge in [0, 0.05) is 13.1 Å². The molecule has 0 radical (unpaired) electrons. The maximum absolute atomic E-state index is 12.4. The molecule has 0 atom stereocenters. The second-order valence-electron chi connectivity index (χ2n) is 7.12. The van der Waals surface area contributed by atoms with Crippen molar-refractivity contribution < 1.29 is 22.7 Å². The van der Waals surface area contributed by atoms with Crippen LogP contribution in [0.15, 0.2) is 17.0 Å². The first-order chi connectivity index (χ1) is 12.9. The van der Waals surface area contributed by atoms with Crippen molar-refractivity contribution in [1.82, 2.24) is 10.0 Å². The Labute approximate surface area is 176 Å². The number of ether oxygens (including phenoxy) is 1. The normalized spacial score (nSPS) is 11.7. The largest absolute Gasteiger partial charge is 0.452 e. The van der Waals surface area contributed by atoms with Gasteiger partial charge in [0.05, 0.1) is 15.6 Å². The van der Waals surface area contributed by atoms with Crippen LogP contribution in [0.4, 0.5) is 0 Å². The zero-order chi connectivity index (χ0) is 21.5. The number of halogens is 2. The molecule has 0 spiro atoms. The van der Waals surface area contributed by atoms with E-state index < -0.39 is 28.5 Å². The number of sulfonamides is 1. The number of rotatable bonds is 10. The molecular formula is C18H26Cl2N2O5S. The lowest BCUT2D eigenvalue weighted by molar-refractivity contribution is -0.124. The zero-order valence-electron chi connectivity index (χ0n) is 16.3. The Bertz CT molecular complexity index is 810. The predicted molar refractivity (Wildman–Crippen MR) is 109 cm³/mol. The van der Waals surface area contributed by atoms with Gasteiger partial charge in [-0.2, -0.15) is 0 Å². The molecule has 1 aromatic carbocycles. The number of hydrogen-bond acceptors (Lipinski definition) is 5. The van der Waals surface area contributed by atoms with E-state index in [9.17, 15) is 18.0 Å². The highest BCUT2D eigenvalue weighted by molar-refractivity contribution is 7.89. The zero-order valence-corrected chi connectivity index (χ0v) is 18.7. The smallest absolute Gasteiger partial charge is 0.340 e. The highest BCUT2D eigenvalue weighted by Gasteiger charge is 2.23. The maximum Gasteiger partial charge on any atom is 0.340 e. The van der Waals surface area contributed by atoms with E-state index in [0.29, 0.717) is 12.5 Å². The van der Waals surface area contributed by atoms with Gasteiger partial charge in [0.15, 0.2) is 6.61 Å². The summed E-state index contributed by atoms with van der Waals surface area (Å²) in [4.78, 5) is 23.7. The van der Waals surface area contributed by atoms with Gasteiger partial charge in [0.25, 0.3) is 5.91 Å². The Balaban J connectivity index is 2.87. The summed E-state index contributed by atoms with van der Waals surface area (Å²) in [6.07, 6.45) is 0.799. The van der Waals surface area contributed by atoms with Gasteiger partial charge in [-0.15, -0.1) is 0 Å². The second kappa shape index (κ2) is 11.0.